The fraction of sp³-hybridized carbons (Fsp3) is 0.412. The standard InChI is InChI=1S/C17H19N3O4/c1-10-11(2)19-14-9-12(3-4-13(14)18-10)15(21)20-17(16(22)23)5-7-24-8-6-17/h3-4,9H,5-8H2,1-2H3,(H,20,21)(H,22,23). The van der Waals surface area contributed by atoms with E-state index in [1.165, 1.54) is 0 Å². The molecule has 3 rings (SSSR count). The van der Waals surface area contributed by atoms with E-state index < -0.39 is 17.4 Å². The van der Waals surface area contributed by atoms with Crippen molar-refractivity contribution in [2.75, 3.05) is 13.2 Å². The number of nitrogens with zero attached hydrogens (tertiary/aromatic N) is 2. The van der Waals surface area contributed by atoms with Gasteiger partial charge >= 0.3 is 5.97 Å². The first-order valence-corrected chi connectivity index (χ1v) is 7.80. The first-order valence-electron chi connectivity index (χ1n) is 7.80. The minimum Gasteiger partial charge on any atom is -0.480 e. The predicted molar refractivity (Wildman–Crippen MR) is 86.9 cm³/mol. The van der Waals surface area contributed by atoms with E-state index in [-0.39, 0.29) is 12.8 Å². The molecular weight excluding hydrogens is 310 g/mol. The number of carboxylic acids is 1. The van der Waals surface area contributed by atoms with Gasteiger partial charge in [-0.3, -0.25) is 4.79 Å². The maximum absolute atomic E-state index is 12.6. The van der Waals surface area contributed by atoms with Gasteiger partial charge in [0, 0.05) is 31.6 Å². The smallest absolute Gasteiger partial charge is 0.329 e. The SMILES string of the molecule is Cc1nc2ccc(C(=O)NC3(C(=O)O)CCOCC3)cc2nc1C. The normalized spacial score (nSPS) is 16.8. The molecule has 1 saturated heterocycles. The van der Waals surface area contributed by atoms with Crippen molar-refractivity contribution in [1.82, 2.24) is 15.3 Å². The average molecular weight is 329 g/mol. The van der Waals surface area contributed by atoms with Crippen molar-refractivity contribution in [2.45, 2.75) is 32.2 Å². The first kappa shape index (κ1) is 16.3. The van der Waals surface area contributed by atoms with Gasteiger partial charge in [-0.05, 0) is 32.0 Å². The van der Waals surface area contributed by atoms with Crippen molar-refractivity contribution < 1.29 is 19.4 Å². The van der Waals surface area contributed by atoms with E-state index in [0.717, 1.165) is 11.4 Å². The number of aliphatic carboxylic acids is 1. The van der Waals surface area contributed by atoms with Crippen LogP contribution in [-0.2, 0) is 9.53 Å². The number of carbonyl (C=O) groups excluding carboxylic acids is 1. The molecular formula is C17H19N3O4. The highest BCUT2D eigenvalue weighted by Gasteiger charge is 2.41. The number of aromatic nitrogens is 2. The van der Waals surface area contributed by atoms with Gasteiger partial charge in [0.25, 0.3) is 5.91 Å². The van der Waals surface area contributed by atoms with E-state index >= 15 is 0 Å². The largest absolute Gasteiger partial charge is 0.480 e. The van der Waals surface area contributed by atoms with Gasteiger partial charge in [-0.25, -0.2) is 14.8 Å². The summed E-state index contributed by atoms with van der Waals surface area (Å²) in [4.78, 5) is 33.1. The zero-order valence-electron chi connectivity index (χ0n) is 13.6. The number of nitrogens with one attached hydrogen (secondary N) is 1. The molecule has 1 amide bonds. The Morgan fingerprint density at radius 2 is 1.75 bits per heavy atom. The van der Waals surface area contributed by atoms with Gasteiger partial charge < -0.3 is 15.2 Å². The highest BCUT2D eigenvalue weighted by Crippen LogP contribution is 2.22. The van der Waals surface area contributed by atoms with Crippen LogP contribution < -0.4 is 5.32 Å². The van der Waals surface area contributed by atoms with Gasteiger partial charge in [-0.1, -0.05) is 0 Å². The molecule has 2 heterocycles. The molecule has 7 nitrogen and oxygen atoms in total. The van der Waals surface area contributed by atoms with Gasteiger partial charge in [0.2, 0.25) is 0 Å². The summed E-state index contributed by atoms with van der Waals surface area (Å²) in [5, 5.41) is 12.2. The average Bonchev–Trinajstić information content (AvgIpc) is 2.56. The van der Waals surface area contributed by atoms with Crippen molar-refractivity contribution in [3.05, 3.63) is 35.2 Å². The summed E-state index contributed by atoms with van der Waals surface area (Å²) >= 11 is 0. The van der Waals surface area contributed by atoms with Gasteiger partial charge in [0.1, 0.15) is 5.54 Å². The van der Waals surface area contributed by atoms with Crippen LogP contribution in [0.2, 0.25) is 0 Å². The third kappa shape index (κ3) is 2.94. The molecule has 0 radical (unpaired) electrons. The molecule has 1 aromatic heterocycles. The summed E-state index contributed by atoms with van der Waals surface area (Å²) in [5.41, 5.74) is 2.04. The second-order valence-electron chi connectivity index (χ2n) is 6.05. The van der Waals surface area contributed by atoms with Crippen LogP contribution in [0.15, 0.2) is 18.2 Å². The van der Waals surface area contributed by atoms with E-state index in [9.17, 15) is 14.7 Å². The van der Waals surface area contributed by atoms with Crippen LogP contribution in [0.3, 0.4) is 0 Å². The number of hydrogen-bond donors (Lipinski definition) is 2. The molecule has 2 aromatic rings. The van der Waals surface area contributed by atoms with Crippen LogP contribution in [-0.4, -0.2) is 45.7 Å². The van der Waals surface area contributed by atoms with Crippen LogP contribution >= 0.6 is 0 Å². The highest BCUT2D eigenvalue weighted by molar-refractivity contribution is 6.00. The predicted octanol–water partition coefficient (Wildman–Crippen LogP) is 1.61. The molecule has 1 aliphatic rings. The molecule has 1 aromatic carbocycles. The van der Waals surface area contributed by atoms with Gasteiger partial charge in [-0.15, -0.1) is 0 Å². The summed E-state index contributed by atoms with van der Waals surface area (Å²) in [6, 6.07) is 5.00. The summed E-state index contributed by atoms with van der Waals surface area (Å²) in [5.74, 6) is -1.47. The number of ether oxygens (including phenoxy) is 1. The molecule has 0 unspecified atom stereocenters. The molecule has 0 spiro atoms. The van der Waals surface area contributed by atoms with Crippen LogP contribution in [0.1, 0.15) is 34.6 Å². The summed E-state index contributed by atoms with van der Waals surface area (Å²) in [6.45, 7) is 4.36. The van der Waals surface area contributed by atoms with Crippen molar-refractivity contribution in [3.8, 4) is 0 Å². The molecule has 0 bridgehead atoms. The molecule has 1 aliphatic heterocycles. The third-order valence-electron chi connectivity index (χ3n) is 4.45. The van der Waals surface area contributed by atoms with Gasteiger partial charge in [-0.2, -0.15) is 0 Å². The molecule has 126 valence electrons. The number of carbonyl (C=O) groups is 2. The lowest BCUT2D eigenvalue weighted by Gasteiger charge is -2.33. The van der Waals surface area contributed by atoms with Crippen molar-refractivity contribution in [1.29, 1.82) is 0 Å². The molecule has 2 N–H and O–H groups in total. The number of rotatable bonds is 3. The molecule has 0 atom stereocenters. The zero-order chi connectivity index (χ0) is 17.3. The lowest BCUT2D eigenvalue weighted by atomic mass is 9.89. The molecule has 1 fully saturated rings. The van der Waals surface area contributed by atoms with Crippen LogP contribution in [0, 0.1) is 13.8 Å². The van der Waals surface area contributed by atoms with Crippen molar-refractivity contribution in [3.63, 3.8) is 0 Å². The topological polar surface area (TPSA) is 101 Å². The maximum Gasteiger partial charge on any atom is 0.329 e. The Bertz CT molecular complexity index is 813. The minimum atomic E-state index is -1.28. The number of aryl methyl sites for hydroxylation is 2. The van der Waals surface area contributed by atoms with E-state index in [2.05, 4.69) is 15.3 Å². The zero-order valence-corrected chi connectivity index (χ0v) is 13.6. The number of fused-ring (bicyclic) bond motifs is 1. The lowest BCUT2D eigenvalue weighted by Crippen LogP contribution is -2.57. The van der Waals surface area contributed by atoms with Gasteiger partial charge in [0.05, 0.1) is 22.4 Å². The Morgan fingerprint density at radius 1 is 1.12 bits per heavy atom. The van der Waals surface area contributed by atoms with E-state index in [0.29, 0.717) is 29.8 Å². The second kappa shape index (κ2) is 6.16. The molecule has 0 aliphatic carbocycles. The molecule has 0 saturated carbocycles. The Morgan fingerprint density at radius 3 is 2.38 bits per heavy atom. The fourth-order valence-electron chi connectivity index (χ4n) is 2.77. The quantitative estimate of drug-likeness (QED) is 0.887. The number of hydrogen-bond acceptors (Lipinski definition) is 5. The molecule has 7 heteroatoms. The number of amides is 1. The van der Waals surface area contributed by atoms with Crippen LogP contribution in [0.4, 0.5) is 0 Å². The third-order valence-corrected chi connectivity index (χ3v) is 4.45. The fourth-order valence-corrected chi connectivity index (χ4v) is 2.77. The first-order chi connectivity index (χ1) is 11.4. The van der Waals surface area contributed by atoms with E-state index in [1.54, 1.807) is 18.2 Å². The Hall–Kier alpha value is -2.54. The Balaban J connectivity index is 1.90. The minimum absolute atomic E-state index is 0.250. The summed E-state index contributed by atoms with van der Waals surface area (Å²) < 4.78 is 5.21. The Kier molecular flexibility index (Phi) is 4.19. The number of carboxylic acid groups (broad SMARTS) is 1. The Labute approximate surface area is 139 Å². The second-order valence-corrected chi connectivity index (χ2v) is 6.05. The van der Waals surface area contributed by atoms with E-state index in [4.69, 9.17) is 4.74 Å². The summed E-state index contributed by atoms with van der Waals surface area (Å²) in [7, 11) is 0. The highest BCUT2D eigenvalue weighted by atomic mass is 16.5. The van der Waals surface area contributed by atoms with Crippen molar-refractivity contribution >= 4 is 22.9 Å². The monoisotopic (exact) mass is 329 g/mol. The van der Waals surface area contributed by atoms with Crippen LogP contribution in [0.5, 0.6) is 0 Å². The number of benzene rings is 1. The van der Waals surface area contributed by atoms with Gasteiger partial charge in [0.15, 0.2) is 0 Å². The lowest BCUT2D eigenvalue weighted by molar-refractivity contribution is -0.148. The summed E-state index contributed by atoms with van der Waals surface area (Å²) in [6.07, 6.45) is 0.500. The van der Waals surface area contributed by atoms with E-state index in [1.807, 2.05) is 13.8 Å². The van der Waals surface area contributed by atoms with Crippen molar-refractivity contribution in [2.24, 2.45) is 0 Å². The molecule has 24 heavy (non-hydrogen) atoms. The van der Waals surface area contributed by atoms with Crippen LogP contribution in [0.25, 0.3) is 11.0 Å². The maximum atomic E-state index is 12.6.